The molecule has 1 N–H and O–H groups in total. The Balaban J connectivity index is 0.000000577. The molecule has 0 aliphatic rings. The van der Waals surface area contributed by atoms with Gasteiger partial charge in [0, 0.05) is 50.5 Å². The molecule has 0 bridgehead atoms. The lowest BCUT2D eigenvalue weighted by Crippen LogP contribution is -2.21. The summed E-state index contributed by atoms with van der Waals surface area (Å²) in [5.74, 6) is -0.261. The molecule has 0 saturated carbocycles. The van der Waals surface area contributed by atoms with E-state index in [1.807, 2.05) is 58.9 Å². The molecule has 0 saturated heterocycles. The van der Waals surface area contributed by atoms with Gasteiger partial charge in [0.2, 0.25) is 0 Å². The van der Waals surface area contributed by atoms with Gasteiger partial charge >= 0.3 is 0 Å². The number of rotatable bonds is 8. The van der Waals surface area contributed by atoms with Gasteiger partial charge in [-0.25, -0.2) is 9.38 Å². The van der Waals surface area contributed by atoms with Crippen LogP contribution in [0.15, 0.2) is 83.9 Å². The van der Waals surface area contributed by atoms with Crippen LogP contribution in [0.3, 0.4) is 0 Å². The van der Waals surface area contributed by atoms with Crippen LogP contribution in [-0.4, -0.2) is 41.8 Å². The SMILES string of the molecule is C=C(C)C(SC=N/C(=C(/C)NC)c1ccc(F)cc1)C(=C)N(C)C.Cc1ccncc1. The van der Waals surface area contributed by atoms with Crippen LogP contribution in [0.25, 0.3) is 5.70 Å². The largest absolute Gasteiger partial charge is 0.390 e. The predicted octanol–water partition coefficient (Wildman–Crippen LogP) is 5.91. The number of nitrogens with one attached hydrogen (secondary N) is 1. The molecular weight excluding hydrogens is 407 g/mol. The summed E-state index contributed by atoms with van der Waals surface area (Å²) in [6.07, 6.45) is 3.57. The maximum atomic E-state index is 13.1. The van der Waals surface area contributed by atoms with Gasteiger partial charge in [0.25, 0.3) is 0 Å². The molecule has 0 amide bonds. The third kappa shape index (κ3) is 9.22. The van der Waals surface area contributed by atoms with E-state index in [2.05, 4.69) is 28.5 Å². The maximum absolute atomic E-state index is 13.1. The van der Waals surface area contributed by atoms with Crippen molar-refractivity contribution in [2.45, 2.75) is 26.0 Å². The Morgan fingerprint density at radius 1 is 1.13 bits per heavy atom. The standard InChI is InChI=1S/C19H26FN3S.C6H7N/c1-13(2)19(15(4)23(6)7)24-12-22-18(14(3)21-5)16-8-10-17(20)11-9-16;1-6-2-4-7-5-3-6/h8-12,19,21H,1,4H2,2-3,5-7H3;2-5H,1H3/b18-14-,22-12?;. The Morgan fingerprint density at radius 3 is 2.13 bits per heavy atom. The van der Waals surface area contributed by atoms with Crippen LogP contribution in [0.5, 0.6) is 0 Å². The maximum Gasteiger partial charge on any atom is 0.123 e. The van der Waals surface area contributed by atoms with Crippen molar-refractivity contribution in [1.82, 2.24) is 15.2 Å². The fourth-order valence-corrected chi connectivity index (χ4v) is 3.29. The molecule has 0 aliphatic heterocycles. The zero-order valence-corrected chi connectivity index (χ0v) is 20.1. The van der Waals surface area contributed by atoms with Gasteiger partial charge in [-0.15, -0.1) is 0 Å². The van der Waals surface area contributed by atoms with Gasteiger partial charge < -0.3 is 10.2 Å². The van der Waals surface area contributed by atoms with Gasteiger partial charge in [0.1, 0.15) is 5.82 Å². The van der Waals surface area contributed by atoms with Crippen LogP contribution < -0.4 is 5.32 Å². The second-order valence-corrected chi connectivity index (χ2v) is 8.19. The highest BCUT2D eigenvalue weighted by atomic mass is 32.2. The zero-order chi connectivity index (χ0) is 23.4. The lowest BCUT2D eigenvalue weighted by Gasteiger charge is -2.24. The molecule has 1 aromatic carbocycles. The summed E-state index contributed by atoms with van der Waals surface area (Å²) in [5, 5.41) is 3.16. The first kappa shape index (κ1) is 26.2. The van der Waals surface area contributed by atoms with E-state index in [-0.39, 0.29) is 11.1 Å². The van der Waals surface area contributed by atoms with E-state index in [1.165, 1.54) is 17.7 Å². The number of hydrogen-bond donors (Lipinski definition) is 1. The van der Waals surface area contributed by atoms with Gasteiger partial charge in [0.05, 0.1) is 16.5 Å². The third-order valence-electron chi connectivity index (χ3n) is 4.40. The quantitative estimate of drug-likeness (QED) is 0.315. The number of thioether (sulfide) groups is 1. The summed E-state index contributed by atoms with van der Waals surface area (Å²) in [5.41, 5.74) is 7.60. The molecule has 2 rings (SSSR count). The normalized spacial score (nSPS) is 12.4. The molecule has 1 heterocycles. The lowest BCUT2D eigenvalue weighted by molar-refractivity contribution is 0.504. The van der Waals surface area contributed by atoms with Crippen molar-refractivity contribution in [3.8, 4) is 0 Å². The van der Waals surface area contributed by atoms with Crippen LogP contribution in [0.2, 0.25) is 0 Å². The summed E-state index contributed by atoms with van der Waals surface area (Å²) in [4.78, 5) is 10.4. The number of aryl methyl sites for hydroxylation is 1. The number of benzene rings is 1. The number of allylic oxidation sites excluding steroid dienone is 1. The van der Waals surface area contributed by atoms with Gasteiger partial charge in [-0.3, -0.25) is 4.98 Å². The molecule has 1 aromatic heterocycles. The van der Waals surface area contributed by atoms with Crippen molar-refractivity contribution in [1.29, 1.82) is 0 Å². The molecule has 166 valence electrons. The zero-order valence-electron chi connectivity index (χ0n) is 19.3. The molecule has 0 aliphatic carbocycles. The Hall–Kier alpha value is -2.86. The van der Waals surface area contributed by atoms with Gasteiger partial charge in [0.15, 0.2) is 0 Å². The second kappa shape index (κ2) is 13.4. The highest BCUT2D eigenvalue weighted by molar-refractivity contribution is 8.12. The first-order valence-corrected chi connectivity index (χ1v) is 10.8. The first-order chi connectivity index (χ1) is 14.7. The average Bonchev–Trinajstić information content (AvgIpc) is 2.74. The summed E-state index contributed by atoms with van der Waals surface area (Å²) < 4.78 is 13.1. The van der Waals surface area contributed by atoms with Crippen LogP contribution in [-0.2, 0) is 0 Å². The Kier molecular flexibility index (Phi) is 11.4. The van der Waals surface area contributed by atoms with Crippen LogP contribution in [0, 0.1) is 12.7 Å². The number of halogens is 1. The Labute approximate surface area is 190 Å². The highest BCUT2D eigenvalue weighted by Gasteiger charge is 2.15. The molecule has 1 atom stereocenters. The first-order valence-electron chi connectivity index (χ1n) is 9.88. The summed E-state index contributed by atoms with van der Waals surface area (Å²) in [6.45, 7) is 14.1. The van der Waals surface area contributed by atoms with Crippen molar-refractivity contribution in [3.63, 3.8) is 0 Å². The minimum Gasteiger partial charge on any atom is -0.390 e. The minimum absolute atomic E-state index is 0.0631. The molecular formula is C25H33FN4S. The van der Waals surface area contributed by atoms with E-state index in [4.69, 9.17) is 0 Å². The molecule has 1 unspecified atom stereocenters. The summed E-state index contributed by atoms with van der Waals surface area (Å²) in [6, 6.07) is 10.3. The Bertz CT molecular complexity index is 903. The fraction of sp³-hybridized carbons (Fsp3) is 0.280. The van der Waals surface area contributed by atoms with E-state index in [9.17, 15) is 4.39 Å². The molecule has 6 heteroatoms. The number of hydrogen-bond acceptors (Lipinski definition) is 5. The van der Waals surface area contributed by atoms with Gasteiger partial charge in [-0.2, -0.15) is 0 Å². The fourth-order valence-electron chi connectivity index (χ4n) is 2.40. The van der Waals surface area contributed by atoms with Crippen molar-refractivity contribution in [3.05, 3.63) is 95.9 Å². The third-order valence-corrected chi connectivity index (χ3v) is 5.57. The van der Waals surface area contributed by atoms with Crippen molar-refractivity contribution in [2.24, 2.45) is 4.99 Å². The second-order valence-electron chi connectivity index (χ2n) is 7.24. The molecule has 0 radical (unpaired) electrons. The van der Waals surface area contributed by atoms with E-state index in [0.717, 1.165) is 28.2 Å². The van der Waals surface area contributed by atoms with Crippen molar-refractivity contribution < 1.29 is 4.39 Å². The molecule has 0 fully saturated rings. The highest BCUT2D eigenvalue weighted by Crippen LogP contribution is 2.26. The van der Waals surface area contributed by atoms with Crippen LogP contribution >= 0.6 is 11.8 Å². The average molecular weight is 441 g/mol. The van der Waals surface area contributed by atoms with Crippen molar-refractivity contribution >= 4 is 23.0 Å². The molecule has 4 nitrogen and oxygen atoms in total. The smallest absolute Gasteiger partial charge is 0.123 e. The minimum atomic E-state index is -0.261. The van der Waals surface area contributed by atoms with Gasteiger partial charge in [-0.05, 0) is 62.7 Å². The van der Waals surface area contributed by atoms with Gasteiger partial charge in [-0.1, -0.05) is 30.5 Å². The van der Waals surface area contributed by atoms with E-state index in [0.29, 0.717) is 0 Å². The molecule has 31 heavy (non-hydrogen) atoms. The van der Waals surface area contributed by atoms with E-state index < -0.39 is 0 Å². The molecule has 2 aromatic rings. The summed E-state index contributed by atoms with van der Waals surface area (Å²) >= 11 is 1.55. The number of aliphatic imine (C=N–C) groups is 1. The monoisotopic (exact) mass is 440 g/mol. The van der Waals surface area contributed by atoms with Crippen molar-refractivity contribution in [2.75, 3.05) is 21.1 Å². The van der Waals surface area contributed by atoms with Crippen LogP contribution in [0.4, 0.5) is 4.39 Å². The number of pyridine rings is 1. The topological polar surface area (TPSA) is 40.5 Å². The predicted molar refractivity (Wildman–Crippen MR) is 135 cm³/mol. The van der Waals surface area contributed by atoms with E-state index >= 15 is 0 Å². The Morgan fingerprint density at radius 2 is 1.71 bits per heavy atom. The molecule has 0 spiro atoms. The number of nitrogens with zero attached hydrogens (tertiary/aromatic N) is 3. The lowest BCUT2D eigenvalue weighted by atomic mass is 10.1. The number of aromatic nitrogens is 1. The summed E-state index contributed by atoms with van der Waals surface area (Å²) in [7, 11) is 5.77. The van der Waals surface area contributed by atoms with Crippen LogP contribution in [0.1, 0.15) is 25.0 Å². The van der Waals surface area contributed by atoms with E-state index in [1.54, 1.807) is 41.8 Å².